The van der Waals surface area contributed by atoms with Gasteiger partial charge in [-0.3, -0.25) is 4.79 Å². The summed E-state index contributed by atoms with van der Waals surface area (Å²) in [5.41, 5.74) is -0.518. The fourth-order valence-electron chi connectivity index (χ4n) is 2.06. The molecule has 0 radical (unpaired) electrons. The Balaban J connectivity index is 2.40. The normalized spacial score (nSPS) is 17.6. The van der Waals surface area contributed by atoms with Crippen molar-refractivity contribution >= 4 is 12.0 Å². The quantitative estimate of drug-likeness (QED) is 0.815. The van der Waals surface area contributed by atoms with Crippen LogP contribution in [0.3, 0.4) is 0 Å². The minimum atomic E-state index is -0.743. The van der Waals surface area contributed by atoms with Crippen LogP contribution in [0.25, 0.3) is 0 Å². The number of allylic oxidation sites excluding steroid dienone is 1. The van der Waals surface area contributed by atoms with E-state index in [2.05, 4.69) is 5.32 Å². The van der Waals surface area contributed by atoms with E-state index in [9.17, 15) is 14.0 Å². The molecule has 0 aromatic carbocycles. The van der Waals surface area contributed by atoms with Gasteiger partial charge in [0.2, 0.25) is 0 Å². The van der Waals surface area contributed by atoms with E-state index in [4.69, 9.17) is 4.74 Å². The highest BCUT2D eigenvalue weighted by atomic mass is 19.1. The minimum Gasteiger partial charge on any atom is -0.444 e. The second-order valence-corrected chi connectivity index (χ2v) is 6.18. The molecule has 1 heterocycles. The third-order valence-electron chi connectivity index (χ3n) is 3.08. The Morgan fingerprint density at radius 1 is 1.33 bits per heavy atom. The second kappa shape index (κ2) is 7.43. The number of hydrogen-bond donors (Lipinski definition) is 1. The fourth-order valence-corrected chi connectivity index (χ4v) is 2.06. The average molecular weight is 300 g/mol. The largest absolute Gasteiger partial charge is 0.444 e. The van der Waals surface area contributed by atoms with Gasteiger partial charge in [-0.15, -0.1) is 0 Å². The van der Waals surface area contributed by atoms with Gasteiger partial charge in [0.1, 0.15) is 5.60 Å². The molecule has 5 nitrogen and oxygen atoms in total. The summed E-state index contributed by atoms with van der Waals surface area (Å²) in [4.78, 5) is 25.0. The number of amides is 2. The lowest BCUT2D eigenvalue weighted by atomic mass is 10.1. The molecule has 0 bridgehead atoms. The summed E-state index contributed by atoms with van der Waals surface area (Å²) in [6, 6.07) is -0.104. The molecule has 120 valence electrons. The molecule has 21 heavy (non-hydrogen) atoms. The number of ether oxygens (including phenoxy) is 1. The van der Waals surface area contributed by atoms with Crippen LogP contribution in [0.4, 0.5) is 9.18 Å². The molecule has 0 unspecified atom stereocenters. The summed E-state index contributed by atoms with van der Waals surface area (Å²) in [5, 5.41) is 2.65. The Kier molecular flexibility index (Phi) is 6.18. The summed E-state index contributed by atoms with van der Waals surface area (Å²) in [6.45, 7) is 8.23. The molecular formula is C15H25FN2O3. The number of piperidine rings is 1. The van der Waals surface area contributed by atoms with Gasteiger partial charge >= 0.3 is 6.09 Å². The Morgan fingerprint density at radius 2 is 1.90 bits per heavy atom. The van der Waals surface area contributed by atoms with E-state index in [1.54, 1.807) is 11.8 Å². The molecule has 1 aliphatic rings. The number of halogens is 1. The van der Waals surface area contributed by atoms with Crippen LogP contribution >= 0.6 is 0 Å². The summed E-state index contributed by atoms with van der Waals surface area (Å²) < 4.78 is 18.6. The van der Waals surface area contributed by atoms with Crippen molar-refractivity contribution in [1.82, 2.24) is 10.2 Å². The molecule has 1 fully saturated rings. The molecule has 1 aliphatic heterocycles. The average Bonchev–Trinajstić information content (AvgIpc) is 2.37. The van der Waals surface area contributed by atoms with Gasteiger partial charge in [0.15, 0.2) is 5.83 Å². The third kappa shape index (κ3) is 6.14. The molecule has 0 atom stereocenters. The minimum absolute atomic E-state index is 0.104. The first kappa shape index (κ1) is 17.5. The van der Waals surface area contributed by atoms with Crippen molar-refractivity contribution < 1.29 is 18.7 Å². The summed E-state index contributed by atoms with van der Waals surface area (Å²) in [7, 11) is 0. The van der Waals surface area contributed by atoms with E-state index < -0.39 is 17.3 Å². The van der Waals surface area contributed by atoms with E-state index in [1.165, 1.54) is 6.08 Å². The van der Waals surface area contributed by atoms with E-state index >= 15 is 0 Å². The molecular weight excluding hydrogens is 275 g/mol. The second-order valence-electron chi connectivity index (χ2n) is 6.18. The van der Waals surface area contributed by atoms with Crippen LogP contribution in [0.2, 0.25) is 0 Å². The predicted molar refractivity (Wildman–Crippen MR) is 78.5 cm³/mol. The van der Waals surface area contributed by atoms with Crippen LogP contribution in [-0.2, 0) is 9.53 Å². The maximum atomic E-state index is 13.3. The van der Waals surface area contributed by atoms with Crippen molar-refractivity contribution in [3.05, 3.63) is 11.9 Å². The van der Waals surface area contributed by atoms with E-state index in [0.29, 0.717) is 32.4 Å². The number of nitrogens with one attached hydrogen (secondary N) is 1. The first-order valence-corrected chi connectivity index (χ1v) is 7.37. The molecule has 0 spiro atoms. The molecule has 1 saturated heterocycles. The van der Waals surface area contributed by atoms with E-state index in [1.807, 2.05) is 20.8 Å². The molecule has 2 amide bonds. The molecule has 1 rings (SSSR count). The van der Waals surface area contributed by atoms with Crippen LogP contribution in [0, 0.1) is 0 Å². The number of carbonyl (C=O) groups is 2. The third-order valence-corrected chi connectivity index (χ3v) is 3.08. The van der Waals surface area contributed by atoms with Crippen LogP contribution in [0.5, 0.6) is 0 Å². The van der Waals surface area contributed by atoms with Crippen molar-refractivity contribution in [3.8, 4) is 0 Å². The van der Waals surface area contributed by atoms with Gasteiger partial charge in [0, 0.05) is 19.1 Å². The zero-order chi connectivity index (χ0) is 16.0. The van der Waals surface area contributed by atoms with E-state index in [0.717, 1.165) is 0 Å². The van der Waals surface area contributed by atoms with Crippen molar-refractivity contribution in [1.29, 1.82) is 0 Å². The van der Waals surface area contributed by atoms with Crippen LogP contribution < -0.4 is 5.32 Å². The Labute approximate surface area is 125 Å². The highest BCUT2D eigenvalue weighted by Crippen LogP contribution is 2.16. The summed E-state index contributed by atoms with van der Waals surface area (Å²) >= 11 is 0. The van der Waals surface area contributed by atoms with Crippen LogP contribution in [-0.4, -0.2) is 41.6 Å². The number of carbonyl (C=O) groups excluding carboxylic acids is 2. The number of likely N-dealkylation sites (tertiary alicyclic amines) is 1. The lowest BCUT2D eigenvalue weighted by Crippen LogP contribution is -2.47. The number of rotatable bonds is 3. The fraction of sp³-hybridized carbons (Fsp3) is 0.733. The van der Waals surface area contributed by atoms with Crippen molar-refractivity contribution in [2.45, 2.75) is 58.6 Å². The zero-order valence-electron chi connectivity index (χ0n) is 13.2. The van der Waals surface area contributed by atoms with Gasteiger partial charge < -0.3 is 15.0 Å². The lowest BCUT2D eigenvalue weighted by molar-refractivity contribution is -0.119. The Hall–Kier alpha value is -1.59. The molecule has 1 N–H and O–H groups in total. The number of nitrogens with zero attached hydrogens (tertiary/aromatic N) is 1. The van der Waals surface area contributed by atoms with Crippen molar-refractivity contribution in [2.24, 2.45) is 0 Å². The Bertz CT molecular complexity index is 408. The standard InChI is InChI=1S/C15H25FN2O3/c1-5-6-12(16)13(19)17-11-7-9-18(10-8-11)14(20)21-15(2,3)4/h6,11H,5,7-10H2,1-4H3,(H,17,19). The van der Waals surface area contributed by atoms with Gasteiger partial charge in [0.25, 0.3) is 5.91 Å². The van der Waals surface area contributed by atoms with Crippen LogP contribution in [0.15, 0.2) is 11.9 Å². The predicted octanol–water partition coefficient (Wildman–Crippen LogP) is 2.77. The zero-order valence-corrected chi connectivity index (χ0v) is 13.2. The van der Waals surface area contributed by atoms with Crippen LogP contribution in [0.1, 0.15) is 47.0 Å². The lowest BCUT2D eigenvalue weighted by Gasteiger charge is -2.33. The monoisotopic (exact) mass is 300 g/mol. The van der Waals surface area contributed by atoms with Gasteiger partial charge in [-0.1, -0.05) is 6.92 Å². The van der Waals surface area contributed by atoms with Gasteiger partial charge in [-0.2, -0.15) is 0 Å². The molecule has 0 aromatic rings. The molecule has 0 saturated carbocycles. The maximum Gasteiger partial charge on any atom is 0.410 e. The smallest absolute Gasteiger partial charge is 0.410 e. The SMILES string of the molecule is CCC=C(F)C(=O)NC1CCN(C(=O)OC(C)(C)C)CC1. The molecule has 0 aliphatic carbocycles. The summed E-state index contributed by atoms with van der Waals surface area (Å²) in [5.74, 6) is -1.42. The topological polar surface area (TPSA) is 58.6 Å². The first-order valence-electron chi connectivity index (χ1n) is 7.37. The Morgan fingerprint density at radius 3 is 2.38 bits per heavy atom. The molecule has 6 heteroatoms. The van der Waals surface area contributed by atoms with Crippen molar-refractivity contribution in [2.75, 3.05) is 13.1 Å². The van der Waals surface area contributed by atoms with Gasteiger partial charge in [-0.05, 0) is 46.1 Å². The van der Waals surface area contributed by atoms with Crippen molar-refractivity contribution in [3.63, 3.8) is 0 Å². The first-order chi connectivity index (χ1) is 9.73. The highest BCUT2D eigenvalue weighted by Gasteiger charge is 2.27. The molecule has 0 aromatic heterocycles. The van der Waals surface area contributed by atoms with Gasteiger partial charge in [-0.25, -0.2) is 9.18 Å². The van der Waals surface area contributed by atoms with Gasteiger partial charge in [0.05, 0.1) is 0 Å². The summed E-state index contributed by atoms with van der Waals surface area (Å²) in [6.07, 6.45) is 2.60. The number of hydrogen-bond acceptors (Lipinski definition) is 3. The van der Waals surface area contributed by atoms with E-state index in [-0.39, 0.29) is 12.1 Å². The maximum absolute atomic E-state index is 13.3. The highest BCUT2D eigenvalue weighted by molar-refractivity contribution is 5.91.